The van der Waals surface area contributed by atoms with Crippen LogP contribution in [0.5, 0.6) is 0 Å². The molecular weight excluding hydrogens is 256 g/mol. The minimum absolute atomic E-state index is 0.306. The number of hydrogen-bond donors (Lipinski definition) is 2. The van der Waals surface area contributed by atoms with Crippen LogP contribution in [0.4, 0.5) is 11.4 Å². The van der Waals surface area contributed by atoms with Crippen LogP contribution in [0.2, 0.25) is 5.02 Å². The van der Waals surface area contributed by atoms with Crippen molar-refractivity contribution in [1.29, 1.82) is 0 Å². The molecule has 0 amide bonds. The molecule has 0 bridgehead atoms. The summed E-state index contributed by atoms with van der Waals surface area (Å²) in [6, 6.07) is 5.27. The molecule has 1 aromatic heterocycles. The van der Waals surface area contributed by atoms with E-state index in [0.717, 1.165) is 16.9 Å². The van der Waals surface area contributed by atoms with E-state index in [1.807, 2.05) is 0 Å². The van der Waals surface area contributed by atoms with E-state index < -0.39 is 0 Å². The van der Waals surface area contributed by atoms with Crippen molar-refractivity contribution in [2.24, 2.45) is 5.73 Å². The van der Waals surface area contributed by atoms with Crippen molar-refractivity contribution in [1.82, 2.24) is 9.97 Å². The van der Waals surface area contributed by atoms with Gasteiger partial charge in [-0.2, -0.15) is 0 Å². The van der Waals surface area contributed by atoms with E-state index in [0.29, 0.717) is 10.0 Å². The molecule has 0 saturated heterocycles. The van der Waals surface area contributed by atoms with Gasteiger partial charge in [0.2, 0.25) is 0 Å². The molecule has 0 saturated carbocycles. The number of aromatic nitrogens is 2. The number of anilines is 2. The molecule has 0 atom stereocenters. The average molecular weight is 265 g/mol. The molecule has 0 fully saturated rings. The second-order valence-corrected chi connectivity index (χ2v) is 4.18. The van der Waals surface area contributed by atoms with E-state index in [1.165, 1.54) is 6.33 Å². The quantitative estimate of drug-likeness (QED) is 0.834. The maximum absolute atomic E-state index is 5.93. The zero-order chi connectivity index (χ0) is 12.3. The lowest BCUT2D eigenvalue weighted by molar-refractivity contribution is 1.17. The van der Waals surface area contributed by atoms with Gasteiger partial charge in [0, 0.05) is 10.6 Å². The lowest BCUT2D eigenvalue weighted by Gasteiger charge is -2.10. The minimum Gasteiger partial charge on any atom is -0.389 e. The number of benzene rings is 1. The number of nitrogens with one attached hydrogen (secondary N) is 1. The van der Waals surface area contributed by atoms with Crippen molar-refractivity contribution in [3.05, 3.63) is 47.5 Å². The number of thiocarbonyl (C=S) groups is 1. The van der Waals surface area contributed by atoms with Gasteiger partial charge < -0.3 is 11.1 Å². The molecule has 1 aromatic carbocycles. The molecule has 3 N–H and O–H groups in total. The maximum Gasteiger partial charge on any atom is 0.115 e. The van der Waals surface area contributed by atoms with Crippen LogP contribution < -0.4 is 11.1 Å². The molecule has 2 aromatic rings. The van der Waals surface area contributed by atoms with Crippen molar-refractivity contribution < 1.29 is 0 Å². The Morgan fingerprint density at radius 3 is 2.65 bits per heavy atom. The van der Waals surface area contributed by atoms with E-state index in [-0.39, 0.29) is 0 Å². The molecule has 0 unspecified atom stereocenters. The Morgan fingerprint density at radius 2 is 2.00 bits per heavy atom. The topological polar surface area (TPSA) is 63.8 Å². The van der Waals surface area contributed by atoms with E-state index in [4.69, 9.17) is 29.6 Å². The number of nitrogens with two attached hydrogens (primary N) is 1. The summed E-state index contributed by atoms with van der Waals surface area (Å²) in [5.41, 5.74) is 7.84. The van der Waals surface area contributed by atoms with Crippen LogP contribution in [-0.2, 0) is 0 Å². The van der Waals surface area contributed by atoms with Gasteiger partial charge in [0.25, 0.3) is 0 Å². The van der Waals surface area contributed by atoms with Gasteiger partial charge in [-0.15, -0.1) is 0 Å². The summed E-state index contributed by atoms with van der Waals surface area (Å²) in [7, 11) is 0. The third-order valence-electron chi connectivity index (χ3n) is 2.09. The van der Waals surface area contributed by atoms with Gasteiger partial charge in [0.1, 0.15) is 11.3 Å². The molecule has 0 aliphatic rings. The molecule has 17 heavy (non-hydrogen) atoms. The summed E-state index contributed by atoms with van der Waals surface area (Å²) in [6.45, 7) is 0. The fourth-order valence-electron chi connectivity index (χ4n) is 1.35. The summed E-state index contributed by atoms with van der Waals surface area (Å²) in [5.74, 6) is 0. The van der Waals surface area contributed by atoms with E-state index in [1.54, 1.807) is 30.6 Å². The third-order valence-corrected chi connectivity index (χ3v) is 2.54. The molecule has 0 aliphatic carbocycles. The summed E-state index contributed by atoms with van der Waals surface area (Å²) < 4.78 is 0. The Morgan fingerprint density at radius 1 is 1.29 bits per heavy atom. The number of rotatable bonds is 3. The van der Waals surface area contributed by atoms with Gasteiger partial charge in [-0.1, -0.05) is 23.8 Å². The van der Waals surface area contributed by atoms with Crippen molar-refractivity contribution in [3.63, 3.8) is 0 Å². The summed E-state index contributed by atoms with van der Waals surface area (Å²) in [6.07, 6.45) is 4.76. The average Bonchev–Trinajstić information content (AvgIpc) is 2.30. The normalized spacial score (nSPS) is 9.94. The zero-order valence-corrected chi connectivity index (χ0v) is 10.3. The van der Waals surface area contributed by atoms with E-state index in [9.17, 15) is 0 Å². The van der Waals surface area contributed by atoms with E-state index >= 15 is 0 Å². The number of hydrogen-bond acceptors (Lipinski definition) is 4. The summed E-state index contributed by atoms with van der Waals surface area (Å²) in [5, 5.41) is 3.72. The second kappa shape index (κ2) is 5.07. The van der Waals surface area contributed by atoms with Crippen LogP contribution in [0, 0.1) is 0 Å². The van der Waals surface area contributed by atoms with E-state index in [2.05, 4.69) is 15.3 Å². The Kier molecular flexibility index (Phi) is 3.51. The first-order chi connectivity index (χ1) is 8.16. The van der Waals surface area contributed by atoms with Crippen LogP contribution in [0.15, 0.2) is 36.9 Å². The van der Waals surface area contributed by atoms with Crippen molar-refractivity contribution in [2.75, 3.05) is 5.32 Å². The lowest BCUT2D eigenvalue weighted by Crippen LogP contribution is -2.11. The predicted octanol–water partition coefficient (Wildman–Crippen LogP) is 2.51. The van der Waals surface area contributed by atoms with Gasteiger partial charge in [-0.3, -0.25) is 0 Å². The Labute approximate surface area is 109 Å². The molecule has 4 nitrogen and oxygen atoms in total. The second-order valence-electron chi connectivity index (χ2n) is 3.31. The predicted molar refractivity (Wildman–Crippen MR) is 72.7 cm³/mol. The lowest BCUT2D eigenvalue weighted by atomic mass is 10.1. The fourth-order valence-corrected chi connectivity index (χ4v) is 1.70. The first-order valence-corrected chi connectivity index (χ1v) is 5.57. The Hall–Kier alpha value is -1.72. The van der Waals surface area contributed by atoms with Crippen LogP contribution in [0.1, 0.15) is 5.56 Å². The third kappa shape index (κ3) is 2.89. The summed E-state index contributed by atoms with van der Waals surface area (Å²) in [4.78, 5) is 8.12. The monoisotopic (exact) mass is 264 g/mol. The SMILES string of the molecule is NC(=S)c1ccc(Cl)cc1Nc1cncnc1. The van der Waals surface area contributed by atoms with Crippen molar-refractivity contribution >= 4 is 40.2 Å². The van der Waals surface area contributed by atoms with Crippen LogP contribution in [0.25, 0.3) is 0 Å². The molecule has 0 aliphatic heterocycles. The Bertz CT molecular complexity index is 544. The first-order valence-electron chi connectivity index (χ1n) is 4.78. The van der Waals surface area contributed by atoms with Gasteiger partial charge in [-0.05, 0) is 18.2 Å². The largest absolute Gasteiger partial charge is 0.389 e. The molecule has 6 heteroatoms. The van der Waals surface area contributed by atoms with Crippen LogP contribution >= 0.6 is 23.8 Å². The highest BCUT2D eigenvalue weighted by Gasteiger charge is 2.06. The Balaban J connectivity index is 2.37. The smallest absolute Gasteiger partial charge is 0.115 e. The molecule has 86 valence electrons. The minimum atomic E-state index is 0.306. The number of nitrogens with zero attached hydrogens (tertiary/aromatic N) is 2. The first kappa shape index (κ1) is 11.8. The fraction of sp³-hybridized carbons (Fsp3) is 0. The highest BCUT2D eigenvalue weighted by Crippen LogP contribution is 2.24. The van der Waals surface area contributed by atoms with Crippen LogP contribution in [0.3, 0.4) is 0 Å². The van der Waals surface area contributed by atoms with Crippen molar-refractivity contribution in [3.8, 4) is 0 Å². The molecule has 0 radical (unpaired) electrons. The molecule has 0 spiro atoms. The zero-order valence-electron chi connectivity index (χ0n) is 8.72. The van der Waals surface area contributed by atoms with Crippen LogP contribution in [-0.4, -0.2) is 15.0 Å². The molecular formula is C11H9ClN4S. The van der Waals surface area contributed by atoms with Gasteiger partial charge >= 0.3 is 0 Å². The van der Waals surface area contributed by atoms with Gasteiger partial charge in [0.15, 0.2) is 0 Å². The highest BCUT2D eigenvalue weighted by molar-refractivity contribution is 7.80. The summed E-state index contributed by atoms with van der Waals surface area (Å²) >= 11 is 10.9. The van der Waals surface area contributed by atoms with Crippen molar-refractivity contribution in [2.45, 2.75) is 0 Å². The molecule has 2 rings (SSSR count). The van der Waals surface area contributed by atoms with Gasteiger partial charge in [-0.25, -0.2) is 9.97 Å². The van der Waals surface area contributed by atoms with Gasteiger partial charge in [0.05, 0.1) is 23.8 Å². The maximum atomic E-state index is 5.93. The number of halogens is 1. The standard InChI is InChI=1S/C11H9ClN4S/c12-7-1-2-9(11(13)17)10(3-7)16-8-4-14-6-15-5-8/h1-6,16H,(H2,13,17). The molecule has 1 heterocycles. The highest BCUT2D eigenvalue weighted by atomic mass is 35.5.